The second-order valence-corrected chi connectivity index (χ2v) is 2.77. The number of hydrogen-bond donors (Lipinski definition) is 0. The average molecular weight is 171 g/mol. The van der Waals surface area contributed by atoms with Crippen LogP contribution in [0.25, 0.3) is 0 Å². The molecule has 0 bridgehead atoms. The Morgan fingerprint density at radius 2 is 2.00 bits per heavy atom. The lowest BCUT2D eigenvalue weighted by molar-refractivity contribution is 0.156. The summed E-state index contributed by atoms with van der Waals surface area (Å²) in [5.41, 5.74) is 0. The quantitative estimate of drug-likeness (QED) is 0.407. The number of rotatable bonds is 8. The van der Waals surface area contributed by atoms with Crippen molar-refractivity contribution >= 4 is 0 Å². The molecule has 0 fully saturated rings. The van der Waals surface area contributed by atoms with Gasteiger partial charge in [-0.15, -0.1) is 0 Å². The molecule has 0 aromatic carbocycles. The zero-order valence-electron chi connectivity index (χ0n) is 7.92. The Morgan fingerprint density at radius 3 is 2.67 bits per heavy atom. The van der Waals surface area contributed by atoms with Crippen molar-refractivity contribution in [1.82, 2.24) is 0 Å². The molecule has 12 heavy (non-hydrogen) atoms. The summed E-state index contributed by atoms with van der Waals surface area (Å²) in [6.07, 6.45) is 8.32. The topological polar surface area (TPSA) is 29.1 Å². The summed E-state index contributed by atoms with van der Waals surface area (Å²) >= 11 is 0. The highest BCUT2D eigenvalue weighted by atomic mass is 16.5. The van der Waals surface area contributed by atoms with Crippen LogP contribution < -0.4 is 0 Å². The largest absolute Gasteiger partial charge is 0.377 e. The van der Waals surface area contributed by atoms with E-state index in [0.717, 1.165) is 13.0 Å². The van der Waals surface area contributed by atoms with Gasteiger partial charge in [-0.05, 0) is 6.42 Å². The molecule has 2 heteroatoms. The molecule has 0 spiro atoms. The molecule has 2 nitrogen and oxygen atoms in total. The number of unbranched alkanes of at least 4 members (excludes halogenated alkanes) is 3. The van der Waals surface area contributed by atoms with Crippen molar-refractivity contribution in [3.05, 3.63) is 12.2 Å². The van der Waals surface area contributed by atoms with E-state index in [2.05, 4.69) is 6.92 Å². The van der Waals surface area contributed by atoms with Gasteiger partial charge < -0.3 is 4.74 Å². The van der Waals surface area contributed by atoms with Crippen molar-refractivity contribution in [3.63, 3.8) is 0 Å². The molecule has 1 radical (unpaired) electrons. The molecule has 0 saturated heterocycles. The molecule has 0 heterocycles. The minimum atomic E-state index is -0.140. The third kappa shape index (κ3) is 9.66. The molecule has 0 unspecified atom stereocenters. The van der Waals surface area contributed by atoms with Gasteiger partial charge in [-0.3, -0.25) is 0 Å². The maximum atomic E-state index is 9.96. The first-order chi connectivity index (χ1) is 5.91. The molecule has 0 saturated carbocycles. The van der Waals surface area contributed by atoms with Crippen molar-refractivity contribution in [2.24, 2.45) is 0 Å². The Balaban J connectivity index is 2.86. The first-order valence-corrected chi connectivity index (χ1v) is 4.72. The highest BCUT2D eigenvalue weighted by Crippen LogP contribution is 1.98. The fraction of sp³-hybridized carbons (Fsp3) is 0.800. The highest BCUT2D eigenvalue weighted by Gasteiger charge is 1.86. The van der Waals surface area contributed by atoms with Gasteiger partial charge in [0.15, 0.2) is 0 Å². The molecule has 0 aliphatic carbocycles. The lowest BCUT2D eigenvalue weighted by atomic mass is 10.2. The third-order valence-electron chi connectivity index (χ3n) is 1.62. The van der Waals surface area contributed by atoms with Crippen molar-refractivity contribution in [1.29, 1.82) is 0 Å². The van der Waals surface area contributed by atoms with Crippen LogP contribution in [0.2, 0.25) is 0 Å². The van der Waals surface area contributed by atoms with Crippen molar-refractivity contribution in [3.8, 4) is 0 Å². The fourth-order valence-corrected chi connectivity index (χ4v) is 0.918. The van der Waals surface area contributed by atoms with Gasteiger partial charge in [0.2, 0.25) is 0 Å². The van der Waals surface area contributed by atoms with E-state index in [4.69, 9.17) is 4.74 Å². The molecule has 0 aliphatic heterocycles. The molecular formula is C10H19O2. The zero-order valence-corrected chi connectivity index (χ0v) is 7.92. The molecule has 0 amide bonds. The number of ether oxygens (including phenoxy) is 1. The Hall–Kier alpha value is -0.340. The zero-order chi connectivity index (χ0) is 9.07. The van der Waals surface area contributed by atoms with Gasteiger partial charge in [0, 0.05) is 6.61 Å². The average Bonchev–Trinajstić information content (AvgIpc) is 2.10. The minimum Gasteiger partial charge on any atom is -0.377 e. The van der Waals surface area contributed by atoms with Crippen LogP contribution in [0, 0.1) is 0 Å². The molecule has 0 aromatic heterocycles. The van der Waals surface area contributed by atoms with Gasteiger partial charge in [-0.2, -0.15) is 0 Å². The van der Waals surface area contributed by atoms with Gasteiger partial charge in [-0.1, -0.05) is 38.3 Å². The minimum absolute atomic E-state index is 0.140. The summed E-state index contributed by atoms with van der Waals surface area (Å²) in [7, 11) is 0. The van der Waals surface area contributed by atoms with Gasteiger partial charge in [0.25, 0.3) is 0 Å². The van der Waals surface area contributed by atoms with Crippen LogP contribution in [-0.4, -0.2) is 19.8 Å². The Labute approximate surface area is 75.2 Å². The van der Waals surface area contributed by atoms with E-state index >= 15 is 0 Å². The van der Waals surface area contributed by atoms with E-state index in [1.54, 1.807) is 12.2 Å². The lowest BCUT2D eigenvalue weighted by Gasteiger charge is -1.99. The van der Waals surface area contributed by atoms with E-state index in [1.807, 2.05) is 0 Å². The van der Waals surface area contributed by atoms with Crippen molar-refractivity contribution in [2.45, 2.75) is 32.6 Å². The van der Waals surface area contributed by atoms with Crippen LogP contribution in [0.5, 0.6) is 0 Å². The van der Waals surface area contributed by atoms with Crippen LogP contribution in [0.4, 0.5) is 0 Å². The second kappa shape index (κ2) is 10.7. The van der Waals surface area contributed by atoms with Gasteiger partial charge in [0.1, 0.15) is 6.61 Å². The highest BCUT2D eigenvalue weighted by molar-refractivity contribution is 4.79. The van der Waals surface area contributed by atoms with Crippen molar-refractivity contribution < 1.29 is 9.84 Å². The maximum absolute atomic E-state index is 9.96. The molecule has 0 aromatic rings. The van der Waals surface area contributed by atoms with Crippen LogP contribution >= 0.6 is 0 Å². The van der Waals surface area contributed by atoms with Gasteiger partial charge in [-0.25, -0.2) is 5.11 Å². The third-order valence-corrected chi connectivity index (χ3v) is 1.62. The van der Waals surface area contributed by atoms with Crippen LogP contribution in [-0.2, 0) is 9.84 Å². The summed E-state index contributed by atoms with van der Waals surface area (Å²) in [4.78, 5) is 0. The Kier molecular flexibility index (Phi) is 10.4. The van der Waals surface area contributed by atoms with E-state index in [0.29, 0.717) is 6.61 Å². The monoisotopic (exact) mass is 171 g/mol. The van der Waals surface area contributed by atoms with Gasteiger partial charge in [0.05, 0.1) is 6.61 Å². The second-order valence-electron chi connectivity index (χ2n) is 2.77. The van der Waals surface area contributed by atoms with E-state index in [9.17, 15) is 5.11 Å². The van der Waals surface area contributed by atoms with Crippen molar-refractivity contribution in [2.75, 3.05) is 19.8 Å². The van der Waals surface area contributed by atoms with E-state index < -0.39 is 0 Å². The maximum Gasteiger partial charge on any atom is 0.100 e. The predicted octanol–water partition coefficient (Wildman–Crippen LogP) is 2.57. The fourth-order valence-electron chi connectivity index (χ4n) is 0.918. The summed E-state index contributed by atoms with van der Waals surface area (Å²) in [6, 6.07) is 0. The van der Waals surface area contributed by atoms with Gasteiger partial charge >= 0.3 is 0 Å². The van der Waals surface area contributed by atoms with E-state index in [1.165, 1.54) is 19.3 Å². The van der Waals surface area contributed by atoms with Crippen LogP contribution in [0.3, 0.4) is 0 Å². The molecule has 71 valence electrons. The predicted molar refractivity (Wildman–Crippen MR) is 49.7 cm³/mol. The smallest absolute Gasteiger partial charge is 0.100 e. The molecule has 0 aliphatic rings. The Bertz CT molecular complexity index is 100. The standard InChI is InChI=1S/C10H19O2/c1-2-3-4-6-9-12-10-7-5-8-11/h5,7H,2-4,6,8-10H2,1H3. The lowest BCUT2D eigenvalue weighted by Crippen LogP contribution is -1.94. The normalized spacial score (nSPS) is 11.2. The molecule has 0 rings (SSSR count). The summed E-state index contributed by atoms with van der Waals surface area (Å²) in [5, 5.41) is 9.96. The molecule has 0 N–H and O–H groups in total. The molecule has 0 atom stereocenters. The number of hydrogen-bond acceptors (Lipinski definition) is 1. The summed E-state index contributed by atoms with van der Waals surface area (Å²) < 4.78 is 5.26. The first kappa shape index (κ1) is 11.7. The van der Waals surface area contributed by atoms with Crippen LogP contribution in [0.1, 0.15) is 32.6 Å². The Morgan fingerprint density at radius 1 is 1.17 bits per heavy atom. The molecular weight excluding hydrogens is 152 g/mol. The SMILES string of the molecule is CCCCCCOCC=CC[O]. The first-order valence-electron chi connectivity index (χ1n) is 4.72. The summed E-state index contributed by atoms with van der Waals surface area (Å²) in [6.45, 7) is 3.47. The van der Waals surface area contributed by atoms with Crippen LogP contribution in [0.15, 0.2) is 12.2 Å². The summed E-state index contributed by atoms with van der Waals surface area (Å²) in [5.74, 6) is 0. The van der Waals surface area contributed by atoms with E-state index in [-0.39, 0.29) is 6.61 Å².